The SMILES string of the molecule is CC(C)CNC(N)=NCc1ccc(Br)s1. The second-order valence-corrected chi connectivity index (χ2v) is 6.23. The fourth-order valence-corrected chi connectivity index (χ4v) is 2.37. The smallest absolute Gasteiger partial charge is 0.188 e. The van der Waals surface area contributed by atoms with E-state index < -0.39 is 0 Å². The van der Waals surface area contributed by atoms with Crippen LogP contribution in [0, 0.1) is 5.92 Å². The Morgan fingerprint density at radius 2 is 2.33 bits per heavy atom. The highest BCUT2D eigenvalue weighted by atomic mass is 79.9. The monoisotopic (exact) mass is 289 g/mol. The molecule has 15 heavy (non-hydrogen) atoms. The minimum absolute atomic E-state index is 0.522. The zero-order valence-electron chi connectivity index (χ0n) is 8.96. The molecule has 1 rings (SSSR count). The summed E-state index contributed by atoms with van der Waals surface area (Å²) >= 11 is 5.09. The Morgan fingerprint density at radius 1 is 1.60 bits per heavy atom. The molecule has 84 valence electrons. The van der Waals surface area contributed by atoms with Gasteiger partial charge in [-0.05, 0) is 34.0 Å². The van der Waals surface area contributed by atoms with E-state index in [-0.39, 0.29) is 0 Å². The number of rotatable bonds is 4. The van der Waals surface area contributed by atoms with E-state index in [1.165, 1.54) is 4.88 Å². The summed E-state index contributed by atoms with van der Waals surface area (Å²) in [6, 6.07) is 4.07. The van der Waals surface area contributed by atoms with Crippen LogP contribution in [0.2, 0.25) is 0 Å². The normalized spacial score (nSPS) is 12.1. The first kappa shape index (κ1) is 12.5. The van der Waals surface area contributed by atoms with Gasteiger partial charge in [0.15, 0.2) is 5.96 Å². The molecule has 0 aliphatic rings. The fourth-order valence-electron chi connectivity index (χ4n) is 0.964. The minimum Gasteiger partial charge on any atom is -0.370 e. The van der Waals surface area contributed by atoms with E-state index in [2.05, 4.69) is 40.1 Å². The topological polar surface area (TPSA) is 50.4 Å². The molecule has 3 N–H and O–H groups in total. The number of thiophene rings is 1. The molecule has 0 saturated heterocycles. The molecule has 1 aromatic rings. The summed E-state index contributed by atoms with van der Waals surface area (Å²) < 4.78 is 1.13. The quantitative estimate of drug-likeness (QED) is 0.661. The molecule has 0 fully saturated rings. The Balaban J connectivity index is 2.36. The van der Waals surface area contributed by atoms with E-state index in [9.17, 15) is 0 Å². The Kier molecular flexibility index (Phi) is 5.11. The summed E-state index contributed by atoms with van der Waals surface area (Å²) in [5.74, 6) is 1.10. The summed E-state index contributed by atoms with van der Waals surface area (Å²) in [6.07, 6.45) is 0. The van der Waals surface area contributed by atoms with Crippen molar-refractivity contribution in [2.75, 3.05) is 6.54 Å². The summed E-state index contributed by atoms with van der Waals surface area (Å²) in [5, 5.41) is 3.08. The molecule has 0 aliphatic carbocycles. The maximum atomic E-state index is 5.71. The molecule has 1 heterocycles. The van der Waals surface area contributed by atoms with Gasteiger partial charge in [0.2, 0.25) is 0 Å². The molecule has 0 radical (unpaired) electrons. The van der Waals surface area contributed by atoms with Crippen molar-refractivity contribution in [1.29, 1.82) is 0 Å². The van der Waals surface area contributed by atoms with Gasteiger partial charge in [0.25, 0.3) is 0 Å². The molecule has 5 heteroatoms. The van der Waals surface area contributed by atoms with E-state index in [0.717, 1.165) is 10.3 Å². The molecular weight excluding hydrogens is 274 g/mol. The molecular formula is C10H16BrN3S. The number of nitrogens with two attached hydrogens (primary N) is 1. The Labute approximate surface area is 103 Å². The standard InChI is InChI=1S/C10H16BrN3S/c1-7(2)5-13-10(12)14-6-8-3-4-9(11)15-8/h3-4,7H,5-6H2,1-2H3,(H3,12,13,14). The van der Waals surface area contributed by atoms with Gasteiger partial charge in [0.1, 0.15) is 0 Å². The van der Waals surface area contributed by atoms with Crippen molar-refractivity contribution >= 4 is 33.2 Å². The van der Waals surface area contributed by atoms with Gasteiger partial charge < -0.3 is 11.1 Å². The highest BCUT2D eigenvalue weighted by molar-refractivity contribution is 9.11. The van der Waals surface area contributed by atoms with Crippen molar-refractivity contribution in [3.63, 3.8) is 0 Å². The Bertz CT molecular complexity index is 333. The Morgan fingerprint density at radius 3 is 2.87 bits per heavy atom. The van der Waals surface area contributed by atoms with Gasteiger partial charge in [-0.2, -0.15) is 0 Å². The highest BCUT2D eigenvalue weighted by Gasteiger charge is 1.98. The van der Waals surface area contributed by atoms with Crippen LogP contribution in [0.25, 0.3) is 0 Å². The lowest BCUT2D eigenvalue weighted by Gasteiger charge is -2.07. The third-order valence-electron chi connectivity index (χ3n) is 1.73. The van der Waals surface area contributed by atoms with Gasteiger partial charge in [-0.25, -0.2) is 4.99 Å². The molecule has 3 nitrogen and oxygen atoms in total. The highest BCUT2D eigenvalue weighted by Crippen LogP contribution is 2.22. The number of halogens is 1. The van der Waals surface area contributed by atoms with Crippen LogP contribution in [0.3, 0.4) is 0 Å². The molecule has 0 aromatic carbocycles. The summed E-state index contributed by atoms with van der Waals surface area (Å²) in [7, 11) is 0. The van der Waals surface area contributed by atoms with E-state index in [1.807, 2.05) is 12.1 Å². The van der Waals surface area contributed by atoms with Crippen molar-refractivity contribution in [3.8, 4) is 0 Å². The van der Waals surface area contributed by atoms with Crippen LogP contribution in [0.15, 0.2) is 20.9 Å². The molecule has 0 atom stereocenters. The van der Waals surface area contributed by atoms with Gasteiger partial charge in [-0.1, -0.05) is 13.8 Å². The van der Waals surface area contributed by atoms with Crippen LogP contribution >= 0.6 is 27.3 Å². The first-order valence-electron chi connectivity index (χ1n) is 4.86. The molecule has 0 amide bonds. The number of hydrogen-bond donors (Lipinski definition) is 2. The number of nitrogens with zero attached hydrogens (tertiary/aromatic N) is 1. The first-order chi connectivity index (χ1) is 7.08. The lowest BCUT2D eigenvalue weighted by molar-refractivity contribution is 0.622. The zero-order chi connectivity index (χ0) is 11.3. The van der Waals surface area contributed by atoms with E-state index in [4.69, 9.17) is 5.73 Å². The van der Waals surface area contributed by atoms with Crippen LogP contribution < -0.4 is 11.1 Å². The third kappa shape index (κ3) is 5.18. The lowest BCUT2D eigenvalue weighted by atomic mass is 10.2. The Hall–Kier alpha value is -0.550. The number of hydrogen-bond acceptors (Lipinski definition) is 2. The minimum atomic E-state index is 0.522. The molecule has 0 spiro atoms. The predicted molar refractivity (Wildman–Crippen MR) is 70.2 cm³/mol. The second kappa shape index (κ2) is 6.12. The van der Waals surface area contributed by atoms with Crippen molar-refractivity contribution in [1.82, 2.24) is 5.32 Å². The molecule has 0 saturated carbocycles. The van der Waals surface area contributed by atoms with Gasteiger partial charge in [-0.3, -0.25) is 0 Å². The molecule has 0 bridgehead atoms. The fraction of sp³-hybridized carbons (Fsp3) is 0.500. The van der Waals surface area contributed by atoms with Gasteiger partial charge in [0.05, 0.1) is 10.3 Å². The number of aliphatic imine (C=N–C) groups is 1. The van der Waals surface area contributed by atoms with E-state index in [0.29, 0.717) is 18.4 Å². The van der Waals surface area contributed by atoms with Crippen LogP contribution in [0.1, 0.15) is 18.7 Å². The van der Waals surface area contributed by atoms with Crippen LogP contribution in [0.5, 0.6) is 0 Å². The summed E-state index contributed by atoms with van der Waals surface area (Å²) in [5.41, 5.74) is 5.71. The largest absolute Gasteiger partial charge is 0.370 e. The average molecular weight is 290 g/mol. The molecule has 0 unspecified atom stereocenters. The number of guanidine groups is 1. The molecule has 0 aliphatic heterocycles. The summed E-state index contributed by atoms with van der Waals surface area (Å²) in [4.78, 5) is 5.46. The zero-order valence-corrected chi connectivity index (χ0v) is 11.4. The number of nitrogens with one attached hydrogen (secondary N) is 1. The van der Waals surface area contributed by atoms with Gasteiger partial charge >= 0.3 is 0 Å². The van der Waals surface area contributed by atoms with Gasteiger partial charge in [0, 0.05) is 11.4 Å². The second-order valence-electron chi connectivity index (χ2n) is 3.68. The van der Waals surface area contributed by atoms with E-state index >= 15 is 0 Å². The third-order valence-corrected chi connectivity index (χ3v) is 3.33. The maximum absolute atomic E-state index is 5.71. The van der Waals surface area contributed by atoms with Crippen LogP contribution in [-0.2, 0) is 6.54 Å². The van der Waals surface area contributed by atoms with Crippen LogP contribution in [-0.4, -0.2) is 12.5 Å². The predicted octanol–water partition coefficient (Wildman–Crippen LogP) is 2.57. The van der Waals surface area contributed by atoms with Crippen molar-refractivity contribution in [2.24, 2.45) is 16.6 Å². The maximum Gasteiger partial charge on any atom is 0.188 e. The summed E-state index contributed by atoms with van der Waals surface area (Å²) in [6.45, 7) is 5.78. The van der Waals surface area contributed by atoms with E-state index in [1.54, 1.807) is 11.3 Å². The van der Waals surface area contributed by atoms with Gasteiger partial charge in [-0.15, -0.1) is 11.3 Å². The lowest BCUT2D eigenvalue weighted by Crippen LogP contribution is -2.34. The van der Waals surface area contributed by atoms with Crippen molar-refractivity contribution in [3.05, 3.63) is 20.8 Å². The molecule has 1 aromatic heterocycles. The first-order valence-corrected chi connectivity index (χ1v) is 6.47. The van der Waals surface area contributed by atoms with Crippen molar-refractivity contribution < 1.29 is 0 Å². The average Bonchev–Trinajstić information content (AvgIpc) is 2.58. The van der Waals surface area contributed by atoms with Crippen molar-refractivity contribution in [2.45, 2.75) is 20.4 Å². The van der Waals surface area contributed by atoms with Crippen LogP contribution in [0.4, 0.5) is 0 Å².